The minimum absolute atomic E-state index is 0.399. The highest BCUT2D eigenvalue weighted by molar-refractivity contribution is 5.85. The number of fused-ring (bicyclic) bond motifs is 1. The number of β-amino-alcohol motifs (C(OH)–C–C–N with tert-alkyl or cyclic N) is 1. The molecule has 2 atom stereocenters. The van der Waals surface area contributed by atoms with E-state index < -0.39 is 6.10 Å². The summed E-state index contributed by atoms with van der Waals surface area (Å²) in [6.07, 6.45) is 3.43. The predicted octanol–water partition coefficient (Wildman–Crippen LogP) is 4.00. The van der Waals surface area contributed by atoms with Crippen molar-refractivity contribution < 1.29 is 5.11 Å². The van der Waals surface area contributed by atoms with Gasteiger partial charge in [-0.3, -0.25) is 0 Å². The number of aliphatic hydroxyl groups is 1. The van der Waals surface area contributed by atoms with Crippen molar-refractivity contribution in [3.8, 4) is 0 Å². The molecule has 1 fully saturated rings. The molecule has 1 aliphatic heterocycles. The Bertz CT molecular complexity index is 590. The molecule has 0 spiro atoms. The molecule has 3 rings (SSSR count). The smallest absolute Gasteiger partial charge is 0.0922 e. The second-order valence-corrected chi connectivity index (χ2v) is 6.42. The lowest BCUT2D eigenvalue weighted by atomic mass is 10.00. The van der Waals surface area contributed by atoms with Gasteiger partial charge < -0.3 is 10.0 Å². The number of likely N-dealkylation sites (tertiary alicyclic amines) is 1. The number of aliphatic hydroxyl groups excluding tert-OH is 1. The molecule has 2 unspecified atom stereocenters. The Morgan fingerprint density at radius 2 is 1.90 bits per heavy atom. The fourth-order valence-electron chi connectivity index (χ4n) is 3.39. The van der Waals surface area contributed by atoms with E-state index in [0.717, 1.165) is 31.1 Å². The summed E-state index contributed by atoms with van der Waals surface area (Å²) in [4.78, 5) is 2.43. The lowest BCUT2D eigenvalue weighted by Crippen LogP contribution is -2.29. The summed E-state index contributed by atoms with van der Waals surface area (Å²) in [5, 5.41) is 13.1. The van der Waals surface area contributed by atoms with Crippen molar-refractivity contribution in [2.45, 2.75) is 32.3 Å². The third-order valence-corrected chi connectivity index (χ3v) is 4.72. The minimum atomic E-state index is -0.399. The number of nitrogens with zero attached hydrogens (tertiary/aromatic N) is 1. The molecule has 2 heteroatoms. The fraction of sp³-hybridized carbons (Fsp3) is 0.474. The fourth-order valence-corrected chi connectivity index (χ4v) is 3.39. The average Bonchev–Trinajstić information content (AvgIpc) is 2.71. The molecule has 21 heavy (non-hydrogen) atoms. The summed E-state index contributed by atoms with van der Waals surface area (Å²) < 4.78 is 0. The van der Waals surface area contributed by atoms with Crippen LogP contribution in [0.15, 0.2) is 42.5 Å². The van der Waals surface area contributed by atoms with Crippen molar-refractivity contribution in [3.05, 3.63) is 48.0 Å². The summed E-state index contributed by atoms with van der Waals surface area (Å²) in [7, 11) is 0. The first kappa shape index (κ1) is 14.6. The van der Waals surface area contributed by atoms with E-state index >= 15 is 0 Å². The minimum Gasteiger partial charge on any atom is -0.387 e. The van der Waals surface area contributed by atoms with Crippen LogP contribution in [-0.4, -0.2) is 29.6 Å². The Morgan fingerprint density at radius 3 is 2.81 bits per heavy atom. The maximum absolute atomic E-state index is 10.7. The van der Waals surface area contributed by atoms with Crippen LogP contribution in [0.2, 0.25) is 0 Å². The molecule has 1 saturated heterocycles. The van der Waals surface area contributed by atoms with E-state index in [1.807, 2.05) is 12.1 Å². The zero-order valence-electron chi connectivity index (χ0n) is 12.8. The topological polar surface area (TPSA) is 23.5 Å². The molecule has 1 heterocycles. The van der Waals surface area contributed by atoms with Gasteiger partial charge >= 0.3 is 0 Å². The van der Waals surface area contributed by atoms with Crippen LogP contribution in [0.5, 0.6) is 0 Å². The summed E-state index contributed by atoms with van der Waals surface area (Å²) in [5.41, 5.74) is 1.06. The highest BCUT2D eigenvalue weighted by Gasteiger charge is 2.18. The van der Waals surface area contributed by atoms with Gasteiger partial charge in [0.2, 0.25) is 0 Å². The lowest BCUT2D eigenvalue weighted by molar-refractivity contribution is 0.115. The van der Waals surface area contributed by atoms with Gasteiger partial charge in [-0.15, -0.1) is 0 Å². The highest BCUT2D eigenvalue weighted by atomic mass is 16.3. The normalized spacial score (nSPS) is 22.1. The van der Waals surface area contributed by atoms with Crippen LogP contribution in [0.3, 0.4) is 0 Å². The second kappa shape index (κ2) is 6.59. The molecule has 0 amide bonds. The number of rotatable bonds is 3. The van der Waals surface area contributed by atoms with Crippen molar-refractivity contribution >= 4 is 10.8 Å². The van der Waals surface area contributed by atoms with Crippen LogP contribution in [-0.2, 0) is 0 Å². The largest absolute Gasteiger partial charge is 0.387 e. The molecule has 0 bridgehead atoms. The van der Waals surface area contributed by atoms with E-state index in [9.17, 15) is 5.11 Å². The highest BCUT2D eigenvalue weighted by Crippen LogP contribution is 2.26. The van der Waals surface area contributed by atoms with Gasteiger partial charge in [0.05, 0.1) is 6.10 Å². The molecule has 2 nitrogen and oxygen atoms in total. The van der Waals surface area contributed by atoms with Gasteiger partial charge in [0.1, 0.15) is 0 Å². The van der Waals surface area contributed by atoms with Crippen LogP contribution in [0.25, 0.3) is 10.8 Å². The SMILES string of the molecule is CC1CCCN(CC(O)c2cccc3ccccc23)CC1. The third kappa shape index (κ3) is 3.45. The van der Waals surface area contributed by atoms with Gasteiger partial charge in [0, 0.05) is 6.54 Å². The zero-order chi connectivity index (χ0) is 14.7. The van der Waals surface area contributed by atoms with Crippen LogP contribution < -0.4 is 0 Å². The predicted molar refractivity (Wildman–Crippen MR) is 88.4 cm³/mol. The summed E-state index contributed by atoms with van der Waals surface area (Å²) in [6, 6.07) is 14.5. The van der Waals surface area contributed by atoms with Crippen molar-refractivity contribution in [2.24, 2.45) is 5.92 Å². The van der Waals surface area contributed by atoms with E-state index in [4.69, 9.17) is 0 Å². The number of hydrogen-bond acceptors (Lipinski definition) is 2. The van der Waals surface area contributed by atoms with Crippen molar-refractivity contribution in [2.75, 3.05) is 19.6 Å². The van der Waals surface area contributed by atoms with Crippen LogP contribution >= 0.6 is 0 Å². The van der Waals surface area contributed by atoms with Crippen LogP contribution in [0.4, 0.5) is 0 Å². The van der Waals surface area contributed by atoms with Crippen LogP contribution in [0, 0.1) is 5.92 Å². The molecule has 1 N–H and O–H groups in total. The van der Waals surface area contributed by atoms with E-state index in [1.54, 1.807) is 0 Å². The van der Waals surface area contributed by atoms with E-state index in [2.05, 4.69) is 42.2 Å². The maximum Gasteiger partial charge on any atom is 0.0922 e. The quantitative estimate of drug-likeness (QED) is 0.920. The number of benzene rings is 2. The Morgan fingerprint density at radius 1 is 1.10 bits per heavy atom. The summed E-state index contributed by atoms with van der Waals surface area (Å²) in [5.74, 6) is 0.824. The molecule has 112 valence electrons. The summed E-state index contributed by atoms with van der Waals surface area (Å²) >= 11 is 0. The Balaban J connectivity index is 1.76. The Kier molecular flexibility index (Phi) is 4.57. The first-order chi connectivity index (χ1) is 10.2. The van der Waals surface area contributed by atoms with Gasteiger partial charge in [0.15, 0.2) is 0 Å². The van der Waals surface area contributed by atoms with Crippen molar-refractivity contribution in [1.82, 2.24) is 4.90 Å². The molecular formula is C19H25NO. The number of hydrogen-bond donors (Lipinski definition) is 1. The Hall–Kier alpha value is -1.38. The molecule has 2 aromatic carbocycles. The monoisotopic (exact) mass is 283 g/mol. The third-order valence-electron chi connectivity index (χ3n) is 4.72. The zero-order valence-corrected chi connectivity index (χ0v) is 12.8. The van der Waals surface area contributed by atoms with Gasteiger partial charge in [-0.2, -0.15) is 0 Å². The molecular weight excluding hydrogens is 258 g/mol. The lowest BCUT2D eigenvalue weighted by Gasteiger charge is -2.24. The molecule has 2 aromatic rings. The first-order valence-electron chi connectivity index (χ1n) is 8.12. The van der Waals surface area contributed by atoms with Gasteiger partial charge in [-0.05, 0) is 54.6 Å². The molecule has 0 saturated carbocycles. The van der Waals surface area contributed by atoms with E-state index in [1.165, 1.54) is 30.0 Å². The average molecular weight is 283 g/mol. The van der Waals surface area contributed by atoms with Gasteiger partial charge in [-0.25, -0.2) is 0 Å². The maximum atomic E-state index is 10.7. The van der Waals surface area contributed by atoms with E-state index in [0.29, 0.717) is 0 Å². The van der Waals surface area contributed by atoms with Gasteiger partial charge in [-0.1, -0.05) is 49.4 Å². The Labute approximate surface area is 127 Å². The molecule has 0 radical (unpaired) electrons. The van der Waals surface area contributed by atoms with Crippen molar-refractivity contribution in [1.29, 1.82) is 0 Å². The standard InChI is InChI=1S/C19H25NO/c1-15-6-5-12-20(13-11-15)14-19(21)18-10-4-8-16-7-2-3-9-17(16)18/h2-4,7-10,15,19,21H,5-6,11-14H2,1H3. The molecule has 0 aliphatic carbocycles. The summed E-state index contributed by atoms with van der Waals surface area (Å²) in [6.45, 7) is 5.32. The molecule has 0 aromatic heterocycles. The van der Waals surface area contributed by atoms with Crippen molar-refractivity contribution in [3.63, 3.8) is 0 Å². The first-order valence-corrected chi connectivity index (χ1v) is 8.12. The van der Waals surface area contributed by atoms with Crippen LogP contribution in [0.1, 0.15) is 37.9 Å². The van der Waals surface area contributed by atoms with Gasteiger partial charge in [0.25, 0.3) is 0 Å². The molecule has 1 aliphatic rings. The second-order valence-electron chi connectivity index (χ2n) is 6.42. The van der Waals surface area contributed by atoms with E-state index in [-0.39, 0.29) is 0 Å².